The Hall–Kier alpha value is -1.36. The molecule has 1 fully saturated rings. The van der Waals surface area contributed by atoms with Crippen LogP contribution in [-0.4, -0.2) is 17.6 Å². The third-order valence-corrected chi connectivity index (χ3v) is 3.91. The Bertz CT molecular complexity index is 528. The fourth-order valence-electron chi connectivity index (χ4n) is 1.95. The lowest BCUT2D eigenvalue weighted by molar-refractivity contribution is -0.111. The summed E-state index contributed by atoms with van der Waals surface area (Å²) in [7, 11) is 1.56. The topological polar surface area (TPSA) is 38.3 Å². The number of hydrogen-bond acceptors (Lipinski definition) is 2. The molecule has 0 aromatic heterocycles. The molecule has 2 atom stereocenters. The van der Waals surface area contributed by atoms with Gasteiger partial charge < -0.3 is 10.1 Å². The second-order valence-electron chi connectivity index (χ2n) is 4.46. The minimum absolute atomic E-state index is 0.228. The number of benzene rings is 1. The lowest BCUT2D eigenvalue weighted by atomic mass is 10.1. The first-order valence-corrected chi connectivity index (χ1v) is 6.76. The normalized spacial score (nSPS) is 25.4. The molecule has 0 heterocycles. The van der Waals surface area contributed by atoms with E-state index in [1.165, 1.54) is 6.08 Å². The summed E-state index contributed by atoms with van der Waals surface area (Å²) in [6.45, 7) is 1.76. The molecule has 0 spiro atoms. The smallest absolute Gasteiger partial charge is 0.248 e. The van der Waals surface area contributed by atoms with Crippen LogP contribution in [0.3, 0.4) is 0 Å². The number of hydrogen-bond donors (Lipinski definition) is 1. The fourth-order valence-corrected chi connectivity index (χ4v) is 2.52. The van der Waals surface area contributed by atoms with Crippen LogP contribution >= 0.6 is 15.9 Å². The molecule has 1 saturated carbocycles. The van der Waals surface area contributed by atoms with E-state index >= 15 is 0 Å². The summed E-state index contributed by atoms with van der Waals surface area (Å²) >= 11 is 3.03. The zero-order valence-corrected chi connectivity index (χ0v) is 12.3. The zero-order chi connectivity index (χ0) is 14.0. The molecule has 5 heteroatoms. The van der Waals surface area contributed by atoms with Crippen molar-refractivity contribution < 1.29 is 13.9 Å². The molecule has 1 N–H and O–H groups in total. The lowest BCUT2D eigenvalue weighted by Crippen LogP contribution is -2.10. The van der Waals surface area contributed by atoms with E-state index in [2.05, 4.69) is 21.2 Å². The summed E-state index contributed by atoms with van der Waals surface area (Å²) in [6, 6.07) is 5.24. The maximum atomic E-state index is 13.8. The Labute approximate surface area is 120 Å². The monoisotopic (exact) mass is 327 g/mol. The molecule has 1 aliphatic rings. The first-order valence-electron chi connectivity index (χ1n) is 5.97. The number of amides is 1. The van der Waals surface area contributed by atoms with E-state index in [-0.39, 0.29) is 11.8 Å². The third-order valence-electron chi connectivity index (χ3n) is 3.04. The second kappa shape index (κ2) is 5.33. The van der Waals surface area contributed by atoms with Crippen LogP contribution in [0, 0.1) is 0 Å². The van der Waals surface area contributed by atoms with Crippen molar-refractivity contribution in [3.8, 4) is 5.75 Å². The molecule has 19 heavy (non-hydrogen) atoms. The predicted octanol–water partition coefficient (Wildman–Crippen LogP) is 3.76. The standard InChI is InChI=1S/C14H15BrFNO2/c1-3-4-13(18)17-12-6-5-9(19-2)7-10(12)11-8-14(11,15)16/h3-7,11H,8H2,1-2H3,(H,17,18)/b4-3+. The van der Waals surface area contributed by atoms with Gasteiger partial charge >= 0.3 is 0 Å². The van der Waals surface area contributed by atoms with Crippen molar-refractivity contribution in [1.29, 1.82) is 0 Å². The molecule has 1 aromatic carbocycles. The number of halogens is 2. The number of ether oxygens (including phenoxy) is 1. The molecule has 0 bridgehead atoms. The van der Waals surface area contributed by atoms with Crippen LogP contribution in [-0.2, 0) is 4.79 Å². The minimum atomic E-state index is -1.38. The highest BCUT2D eigenvalue weighted by Gasteiger charge is 2.55. The van der Waals surface area contributed by atoms with Gasteiger partial charge in [0, 0.05) is 18.0 Å². The highest BCUT2D eigenvalue weighted by Crippen LogP contribution is 2.60. The molecule has 2 unspecified atom stereocenters. The molecule has 3 nitrogen and oxygen atoms in total. The average molecular weight is 328 g/mol. The highest BCUT2D eigenvalue weighted by atomic mass is 79.9. The third kappa shape index (κ3) is 3.15. The molecule has 0 radical (unpaired) electrons. The number of allylic oxidation sites excluding steroid dienone is 1. The molecule has 1 aliphatic carbocycles. The van der Waals surface area contributed by atoms with Crippen LogP contribution in [0.4, 0.5) is 10.1 Å². The Kier molecular flexibility index (Phi) is 3.94. The van der Waals surface area contributed by atoms with Gasteiger partial charge in [-0.15, -0.1) is 0 Å². The molecule has 1 amide bonds. The van der Waals surface area contributed by atoms with Crippen molar-refractivity contribution in [3.05, 3.63) is 35.9 Å². The summed E-state index contributed by atoms with van der Waals surface area (Å²) < 4.78 is 17.6. The highest BCUT2D eigenvalue weighted by molar-refractivity contribution is 9.10. The van der Waals surface area contributed by atoms with Gasteiger partial charge in [0.25, 0.3) is 0 Å². The number of carbonyl (C=O) groups is 1. The van der Waals surface area contributed by atoms with Gasteiger partial charge in [0.05, 0.1) is 7.11 Å². The van der Waals surface area contributed by atoms with Gasteiger partial charge in [0.15, 0.2) is 4.58 Å². The van der Waals surface area contributed by atoms with E-state index in [1.807, 2.05) is 0 Å². The van der Waals surface area contributed by atoms with Crippen LogP contribution in [0.15, 0.2) is 30.4 Å². The molecule has 2 rings (SSSR count). The van der Waals surface area contributed by atoms with E-state index < -0.39 is 4.58 Å². The van der Waals surface area contributed by atoms with E-state index in [4.69, 9.17) is 4.74 Å². The number of alkyl halides is 2. The predicted molar refractivity (Wildman–Crippen MR) is 76.6 cm³/mol. The van der Waals surface area contributed by atoms with Crippen molar-refractivity contribution in [2.45, 2.75) is 23.8 Å². The number of nitrogens with one attached hydrogen (secondary N) is 1. The Balaban J connectivity index is 2.29. The van der Waals surface area contributed by atoms with E-state index in [1.54, 1.807) is 38.3 Å². The largest absolute Gasteiger partial charge is 0.497 e. The van der Waals surface area contributed by atoms with E-state index in [0.29, 0.717) is 17.9 Å². The van der Waals surface area contributed by atoms with Crippen molar-refractivity contribution in [3.63, 3.8) is 0 Å². The maximum Gasteiger partial charge on any atom is 0.248 e. The van der Waals surface area contributed by atoms with Gasteiger partial charge in [-0.3, -0.25) is 4.79 Å². The minimum Gasteiger partial charge on any atom is -0.497 e. The number of anilines is 1. The molecule has 0 aliphatic heterocycles. The first-order chi connectivity index (χ1) is 8.97. The van der Waals surface area contributed by atoms with Crippen molar-refractivity contribution in [2.24, 2.45) is 0 Å². The van der Waals surface area contributed by atoms with Crippen molar-refractivity contribution >= 4 is 27.5 Å². The summed E-state index contributed by atoms with van der Waals surface area (Å²) in [4.78, 5) is 11.6. The fraction of sp³-hybridized carbons (Fsp3) is 0.357. The number of rotatable bonds is 4. The molecular formula is C14H15BrFNO2. The van der Waals surface area contributed by atoms with Gasteiger partial charge in [-0.2, -0.15) is 0 Å². The van der Waals surface area contributed by atoms with Crippen LogP contribution in [0.25, 0.3) is 0 Å². The van der Waals surface area contributed by atoms with Crippen molar-refractivity contribution in [1.82, 2.24) is 0 Å². The van der Waals surface area contributed by atoms with Crippen LogP contribution in [0.5, 0.6) is 5.75 Å². The summed E-state index contributed by atoms with van der Waals surface area (Å²) in [5, 5.41) is 2.75. The van der Waals surface area contributed by atoms with E-state index in [0.717, 1.165) is 5.56 Å². The summed E-state index contributed by atoms with van der Waals surface area (Å²) in [5.41, 5.74) is 1.37. The summed E-state index contributed by atoms with van der Waals surface area (Å²) in [5.74, 6) is 0.159. The van der Waals surface area contributed by atoms with Gasteiger partial charge in [-0.05, 0) is 52.7 Å². The van der Waals surface area contributed by atoms with Crippen LogP contribution < -0.4 is 10.1 Å². The molecule has 0 saturated heterocycles. The number of methoxy groups -OCH3 is 1. The average Bonchev–Trinajstić information content (AvgIpc) is 2.99. The second-order valence-corrected chi connectivity index (χ2v) is 5.78. The van der Waals surface area contributed by atoms with Crippen LogP contribution in [0.1, 0.15) is 24.8 Å². The molecule has 102 valence electrons. The van der Waals surface area contributed by atoms with Gasteiger partial charge in [-0.25, -0.2) is 4.39 Å². The Morgan fingerprint density at radius 3 is 2.84 bits per heavy atom. The Morgan fingerprint density at radius 2 is 2.32 bits per heavy atom. The SMILES string of the molecule is C/C=C/C(=O)Nc1ccc(OC)cc1C1CC1(F)Br. The van der Waals surface area contributed by atoms with Crippen molar-refractivity contribution in [2.75, 3.05) is 12.4 Å². The van der Waals surface area contributed by atoms with Crippen LogP contribution in [0.2, 0.25) is 0 Å². The van der Waals surface area contributed by atoms with Gasteiger partial charge in [0.2, 0.25) is 5.91 Å². The van der Waals surface area contributed by atoms with Gasteiger partial charge in [0.1, 0.15) is 5.75 Å². The molecular weight excluding hydrogens is 313 g/mol. The lowest BCUT2D eigenvalue weighted by Gasteiger charge is -2.12. The summed E-state index contributed by atoms with van der Waals surface area (Å²) in [6.07, 6.45) is 3.48. The van der Waals surface area contributed by atoms with E-state index in [9.17, 15) is 9.18 Å². The first kappa shape index (κ1) is 14.1. The maximum absolute atomic E-state index is 13.8. The Morgan fingerprint density at radius 1 is 1.63 bits per heavy atom. The van der Waals surface area contributed by atoms with Gasteiger partial charge in [-0.1, -0.05) is 6.08 Å². The zero-order valence-electron chi connectivity index (χ0n) is 10.7. The quantitative estimate of drug-likeness (QED) is 0.675. The number of carbonyl (C=O) groups excluding carboxylic acids is 1. The molecule has 1 aromatic rings.